The van der Waals surface area contributed by atoms with Crippen LogP contribution in [0, 0.1) is 18.2 Å². The second-order valence-electron chi connectivity index (χ2n) is 8.97. The summed E-state index contributed by atoms with van der Waals surface area (Å²) in [6.45, 7) is 9.07. The smallest absolute Gasteiger partial charge is 0.223 e. The van der Waals surface area contributed by atoms with Crippen LogP contribution in [-0.4, -0.2) is 29.2 Å². The predicted molar refractivity (Wildman–Crippen MR) is 113 cm³/mol. The minimum atomic E-state index is -0.281. The van der Waals surface area contributed by atoms with E-state index in [1.54, 1.807) is 17.0 Å². The van der Waals surface area contributed by atoms with Gasteiger partial charge in [0.15, 0.2) is 6.10 Å². The van der Waals surface area contributed by atoms with E-state index in [4.69, 9.17) is 4.84 Å². The molecule has 5 heteroatoms. The highest BCUT2D eigenvalue weighted by Gasteiger charge is 2.28. The van der Waals surface area contributed by atoms with Crippen LogP contribution in [0.2, 0.25) is 0 Å². The number of halogens is 1. The molecule has 0 fully saturated rings. The number of nitrogens with zero attached hydrogens (tertiary/aromatic N) is 2. The highest BCUT2D eigenvalue weighted by molar-refractivity contribution is 6.01. The normalized spacial score (nSPS) is 16.3. The summed E-state index contributed by atoms with van der Waals surface area (Å²) in [5, 5.41) is 4.25. The van der Waals surface area contributed by atoms with Crippen molar-refractivity contribution in [1.82, 2.24) is 4.90 Å². The van der Waals surface area contributed by atoms with E-state index in [-0.39, 0.29) is 23.2 Å². The van der Waals surface area contributed by atoms with Crippen LogP contribution in [0.3, 0.4) is 0 Å². The molecule has 3 rings (SSSR count). The molecule has 0 radical (unpaired) electrons. The summed E-state index contributed by atoms with van der Waals surface area (Å²) in [5.74, 6) is -0.217. The molecule has 0 aromatic heterocycles. The maximum atomic E-state index is 13.2. The number of carbonyl (C=O) groups excluding carboxylic acids is 1. The van der Waals surface area contributed by atoms with E-state index < -0.39 is 0 Å². The molecule has 0 N–H and O–H groups in total. The fourth-order valence-electron chi connectivity index (χ4n) is 3.32. The first-order valence-electron chi connectivity index (χ1n) is 10.0. The van der Waals surface area contributed by atoms with Gasteiger partial charge in [-0.3, -0.25) is 4.79 Å². The van der Waals surface area contributed by atoms with Gasteiger partial charge < -0.3 is 9.74 Å². The Morgan fingerprint density at radius 1 is 1.14 bits per heavy atom. The Labute approximate surface area is 172 Å². The van der Waals surface area contributed by atoms with Crippen molar-refractivity contribution in [2.45, 2.75) is 53.2 Å². The zero-order valence-electron chi connectivity index (χ0n) is 17.6. The van der Waals surface area contributed by atoms with Crippen molar-refractivity contribution in [3.05, 3.63) is 71.0 Å². The fourth-order valence-corrected chi connectivity index (χ4v) is 3.32. The minimum Gasteiger partial charge on any atom is -0.390 e. The number of rotatable bonds is 6. The van der Waals surface area contributed by atoms with Crippen LogP contribution in [0.15, 0.2) is 53.7 Å². The molecular weight excluding hydrogens is 367 g/mol. The second kappa shape index (κ2) is 8.76. The first-order chi connectivity index (χ1) is 13.7. The van der Waals surface area contributed by atoms with Crippen molar-refractivity contribution in [2.24, 2.45) is 10.6 Å². The molecule has 1 aliphatic heterocycles. The minimum absolute atomic E-state index is 0.0641. The highest BCUT2D eigenvalue weighted by Crippen LogP contribution is 2.23. The van der Waals surface area contributed by atoms with Gasteiger partial charge in [-0.1, -0.05) is 67.9 Å². The van der Waals surface area contributed by atoms with Crippen LogP contribution in [0.5, 0.6) is 0 Å². The lowest BCUT2D eigenvalue weighted by Gasteiger charge is -2.28. The monoisotopic (exact) mass is 396 g/mol. The molecule has 0 bridgehead atoms. The van der Waals surface area contributed by atoms with Gasteiger partial charge in [0, 0.05) is 19.4 Å². The molecular formula is C24H29FN2O2. The van der Waals surface area contributed by atoms with Gasteiger partial charge in [0.25, 0.3) is 0 Å². The zero-order chi connectivity index (χ0) is 21.0. The molecule has 154 valence electrons. The number of hydrogen-bond donors (Lipinski definition) is 0. The van der Waals surface area contributed by atoms with E-state index in [1.807, 2.05) is 39.8 Å². The zero-order valence-corrected chi connectivity index (χ0v) is 17.6. The number of benzene rings is 2. The molecule has 4 nitrogen and oxygen atoms in total. The SMILES string of the molecule is Cc1ccc(C2=NO[C@@H](CN(Cc3ccc(F)cc3)C(=O)CC(C)(C)C)C2)cc1. The average Bonchev–Trinajstić information content (AvgIpc) is 3.11. The van der Waals surface area contributed by atoms with Crippen LogP contribution in [0.25, 0.3) is 0 Å². The summed E-state index contributed by atoms with van der Waals surface area (Å²) in [6.07, 6.45) is 0.911. The molecule has 2 aromatic rings. The van der Waals surface area contributed by atoms with E-state index in [9.17, 15) is 9.18 Å². The first kappa shape index (κ1) is 21.0. The molecule has 1 atom stereocenters. The van der Waals surface area contributed by atoms with Crippen molar-refractivity contribution in [3.63, 3.8) is 0 Å². The maximum Gasteiger partial charge on any atom is 0.223 e. The fraction of sp³-hybridized carbons (Fsp3) is 0.417. The van der Waals surface area contributed by atoms with Gasteiger partial charge in [0.05, 0.1) is 12.3 Å². The summed E-state index contributed by atoms with van der Waals surface area (Å²) >= 11 is 0. The molecule has 1 amide bonds. The van der Waals surface area contributed by atoms with Crippen molar-refractivity contribution in [2.75, 3.05) is 6.54 Å². The highest BCUT2D eigenvalue weighted by atomic mass is 19.1. The third-order valence-corrected chi connectivity index (χ3v) is 4.86. The van der Waals surface area contributed by atoms with Gasteiger partial charge in [0.1, 0.15) is 5.82 Å². The molecule has 0 aliphatic carbocycles. The third kappa shape index (κ3) is 6.14. The van der Waals surface area contributed by atoms with Gasteiger partial charge >= 0.3 is 0 Å². The maximum absolute atomic E-state index is 13.2. The van der Waals surface area contributed by atoms with Crippen molar-refractivity contribution in [1.29, 1.82) is 0 Å². The molecule has 0 saturated carbocycles. The van der Waals surface area contributed by atoms with E-state index in [0.29, 0.717) is 25.9 Å². The Balaban J connectivity index is 1.68. The van der Waals surface area contributed by atoms with Gasteiger partial charge in [-0.2, -0.15) is 0 Å². The van der Waals surface area contributed by atoms with Crippen LogP contribution in [-0.2, 0) is 16.2 Å². The molecule has 1 heterocycles. The number of hydrogen-bond acceptors (Lipinski definition) is 3. The average molecular weight is 397 g/mol. The Bertz CT molecular complexity index is 867. The van der Waals surface area contributed by atoms with Crippen LogP contribution >= 0.6 is 0 Å². The van der Waals surface area contributed by atoms with Gasteiger partial charge in [0.2, 0.25) is 5.91 Å². The Morgan fingerprint density at radius 2 is 1.79 bits per heavy atom. The molecule has 0 spiro atoms. The van der Waals surface area contributed by atoms with E-state index in [2.05, 4.69) is 17.3 Å². The molecule has 1 aliphatic rings. The lowest BCUT2D eigenvalue weighted by Crippen LogP contribution is -2.38. The number of oxime groups is 1. The van der Waals surface area contributed by atoms with Crippen molar-refractivity contribution < 1.29 is 14.0 Å². The van der Waals surface area contributed by atoms with Gasteiger partial charge in [-0.25, -0.2) is 4.39 Å². The third-order valence-electron chi connectivity index (χ3n) is 4.86. The Morgan fingerprint density at radius 3 is 2.41 bits per heavy atom. The van der Waals surface area contributed by atoms with Gasteiger partial charge in [-0.15, -0.1) is 0 Å². The number of carbonyl (C=O) groups is 1. The Hall–Kier alpha value is -2.69. The topological polar surface area (TPSA) is 41.9 Å². The molecule has 0 unspecified atom stereocenters. The Kier molecular flexibility index (Phi) is 6.36. The lowest BCUT2D eigenvalue weighted by atomic mass is 9.91. The predicted octanol–water partition coefficient (Wildman–Crippen LogP) is 5.09. The summed E-state index contributed by atoms with van der Waals surface area (Å²) < 4.78 is 13.2. The van der Waals surface area contributed by atoms with E-state index in [1.165, 1.54) is 17.7 Å². The van der Waals surface area contributed by atoms with E-state index in [0.717, 1.165) is 16.8 Å². The summed E-state index contributed by atoms with van der Waals surface area (Å²) in [4.78, 5) is 20.4. The largest absolute Gasteiger partial charge is 0.390 e. The molecule has 29 heavy (non-hydrogen) atoms. The van der Waals surface area contributed by atoms with Crippen LogP contribution in [0.1, 0.15) is 50.3 Å². The molecule has 0 saturated heterocycles. The van der Waals surface area contributed by atoms with E-state index >= 15 is 0 Å². The van der Waals surface area contributed by atoms with Crippen LogP contribution in [0.4, 0.5) is 4.39 Å². The summed E-state index contributed by atoms with van der Waals surface area (Å²) in [5.41, 5.74) is 3.93. The standard InChI is InChI=1S/C24H29FN2O2/c1-17-5-9-19(10-6-17)22-13-21(29-26-22)16-27(23(28)14-24(2,3)4)15-18-7-11-20(25)12-8-18/h5-12,21H,13-16H2,1-4H3/t21-/m1/s1. The lowest BCUT2D eigenvalue weighted by molar-refractivity contribution is -0.135. The van der Waals surface area contributed by atoms with Crippen molar-refractivity contribution in [3.8, 4) is 0 Å². The van der Waals surface area contributed by atoms with Crippen LogP contribution < -0.4 is 0 Å². The number of amides is 1. The summed E-state index contributed by atoms with van der Waals surface area (Å²) in [7, 11) is 0. The second-order valence-corrected chi connectivity index (χ2v) is 8.97. The van der Waals surface area contributed by atoms with Crippen molar-refractivity contribution >= 4 is 11.6 Å². The first-order valence-corrected chi connectivity index (χ1v) is 10.0. The molecule has 2 aromatic carbocycles. The van der Waals surface area contributed by atoms with Gasteiger partial charge in [-0.05, 0) is 35.6 Å². The quantitative estimate of drug-likeness (QED) is 0.682. The summed E-state index contributed by atoms with van der Waals surface area (Å²) in [6, 6.07) is 14.5. The number of aryl methyl sites for hydroxylation is 1.